The van der Waals surface area contributed by atoms with Crippen molar-refractivity contribution in [1.29, 1.82) is 0 Å². The van der Waals surface area contributed by atoms with E-state index in [1.54, 1.807) is 4.68 Å². The molecule has 0 atom stereocenters. The largest absolute Gasteiger partial charge is 0.453 e. The predicted octanol–water partition coefficient (Wildman–Crippen LogP) is 0.123. The third kappa shape index (κ3) is 4.05. The predicted molar refractivity (Wildman–Crippen MR) is 80.6 cm³/mol. The molecule has 10 nitrogen and oxygen atoms in total. The Morgan fingerprint density at radius 3 is 2.70 bits per heavy atom. The second-order valence-electron chi connectivity index (χ2n) is 4.97. The average molecular weight is 321 g/mol. The van der Waals surface area contributed by atoms with Gasteiger partial charge in [0.25, 0.3) is 0 Å². The van der Waals surface area contributed by atoms with Gasteiger partial charge in [0, 0.05) is 24.8 Å². The number of methoxy groups -OCH3 is 1. The van der Waals surface area contributed by atoms with Crippen LogP contribution in [0.15, 0.2) is 6.20 Å². The van der Waals surface area contributed by atoms with Gasteiger partial charge in [0.2, 0.25) is 5.91 Å². The van der Waals surface area contributed by atoms with E-state index in [9.17, 15) is 9.59 Å². The van der Waals surface area contributed by atoms with E-state index >= 15 is 0 Å². The lowest BCUT2D eigenvalue weighted by atomic mass is 10.2. The van der Waals surface area contributed by atoms with Crippen LogP contribution in [0.2, 0.25) is 0 Å². The fourth-order valence-corrected chi connectivity index (χ4v) is 2.05. The number of ether oxygens (including phenoxy) is 1. The van der Waals surface area contributed by atoms with Gasteiger partial charge in [0.1, 0.15) is 6.54 Å². The standard InChI is InChI=1S/C13H19N7O3/c1-8-10(9(2)19(3)17-8)5-14-12(21)7-20-6-11(16-18-20)15-13(22)23-4/h6H,5,7H2,1-4H3,(H,14,21)(H,15,22). The molecule has 2 aromatic heterocycles. The molecule has 0 saturated carbocycles. The van der Waals surface area contributed by atoms with Crippen LogP contribution in [0.3, 0.4) is 0 Å². The number of nitrogens with zero attached hydrogens (tertiary/aromatic N) is 5. The van der Waals surface area contributed by atoms with Crippen molar-refractivity contribution in [2.24, 2.45) is 7.05 Å². The van der Waals surface area contributed by atoms with Crippen molar-refractivity contribution < 1.29 is 14.3 Å². The highest BCUT2D eigenvalue weighted by atomic mass is 16.5. The number of anilines is 1. The summed E-state index contributed by atoms with van der Waals surface area (Å²) in [5.74, 6) is -0.00855. The monoisotopic (exact) mass is 321 g/mol. The molecule has 10 heteroatoms. The fraction of sp³-hybridized carbons (Fsp3) is 0.462. The third-order valence-electron chi connectivity index (χ3n) is 3.38. The molecule has 2 N–H and O–H groups in total. The zero-order valence-electron chi connectivity index (χ0n) is 13.5. The van der Waals surface area contributed by atoms with Gasteiger partial charge in [-0.3, -0.25) is 14.8 Å². The highest BCUT2D eigenvalue weighted by Gasteiger charge is 2.12. The summed E-state index contributed by atoms with van der Waals surface area (Å²) in [4.78, 5) is 23.0. The number of aryl methyl sites for hydroxylation is 2. The van der Waals surface area contributed by atoms with Crippen LogP contribution in [0, 0.1) is 13.8 Å². The van der Waals surface area contributed by atoms with Crippen LogP contribution in [0.4, 0.5) is 10.6 Å². The van der Waals surface area contributed by atoms with Crippen molar-refractivity contribution in [3.05, 3.63) is 23.1 Å². The van der Waals surface area contributed by atoms with Crippen molar-refractivity contribution in [3.8, 4) is 0 Å². The van der Waals surface area contributed by atoms with E-state index < -0.39 is 6.09 Å². The molecule has 23 heavy (non-hydrogen) atoms. The van der Waals surface area contributed by atoms with Crippen molar-refractivity contribution in [2.45, 2.75) is 26.9 Å². The summed E-state index contributed by atoms with van der Waals surface area (Å²) < 4.78 is 7.54. The molecule has 2 aromatic rings. The molecule has 0 fully saturated rings. The minimum absolute atomic E-state index is 0.00574. The summed E-state index contributed by atoms with van der Waals surface area (Å²) in [7, 11) is 3.11. The summed E-state index contributed by atoms with van der Waals surface area (Å²) in [6.45, 7) is 4.24. The maximum absolute atomic E-state index is 12.0. The molecule has 0 saturated heterocycles. The van der Waals surface area contributed by atoms with Gasteiger partial charge in [-0.25, -0.2) is 9.48 Å². The lowest BCUT2D eigenvalue weighted by molar-refractivity contribution is -0.122. The van der Waals surface area contributed by atoms with E-state index in [0.29, 0.717) is 6.54 Å². The average Bonchev–Trinajstić information content (AvgIpc) is 3.02. The van der Waals surface area contributed by atoms with E-state index in [2.05, 4.69) is 30.8 Å². The Balaban J connectivity index is 1.89. The Labute approximate surface area is 132 Å². The van der Waals surface area contributed by atoms with E-state index in [-0.39, 0.29) is 18.3 Å². The van der Waals surface area contributed by atoms with E-state index in [4.69, 9.17) is 0 Å². The first-order chi connectivity index (χ1) is 10.9. The molecule has 0 aromatic carbocycles. The van der Waals surface area contributed by atoms with Crippen LogP contribution >= 0.6 is 0 Å². The van der Waals surface area contributed by atoms with Crippen molar-refractivity contribution in [3.63, 3.8) is 0 Å². The Kier molecular flexibility index (Phi) is 4.94. The van der Waals surface area contributed by atoms with Gasteiger partial charge >= 0.3 is 6.09 Å². The van der Waals surface area contributed by atoms with Crippen molar-refractivity contribution in [1.82, 2.24) is 30.1 Å². The first-order valence-corrected chi connectivity index (χ1v) is 6.91. The molecule has 124 valence electrons. The molecule has 0 aliphatic rings. The molecule has 0 bridgehead atoms. The maximum Gasteiger partial charge on any atom is 0.412 e. The molecule has 0 unspecified atom stereocenters. The van der Waals surface area contributed by atoms with Crippen molar-refractivity contribution in [2.75, 3.05) is 12.4 Å². The van der Waals surface area contributed by atoms with Gasteiger partial charge < -0.3 is 10.1 Å². The summed E-state index contributed by atoms with van der Waals surface area (Å²) in [6.07, 6.45) is 0.792. The summed E-state index contributed by atoms with van der Waals surface area (Å²) in [5.41, 5.74) is 2.89. The van der Waals surface area contributed by atoms with Gasteiger partial charge in [-0.15, -0.1) is 5.10 Å². The number of aromatic nitrogens is 5. The van der Waals surface area contributed by atoms with Crippen LogP contribution in [-0.4, -0.2) is 43.9 Å². The number of rotatable bonds is 5. The zero-order chi connectivity index (χ0) is 17.0. The summed E-state index contributed by atoms with van der Waals surface area (Å²) >= 11 is 0. The number of nitrogens with one attached hydrogen (secondary N) is 2. The van der Waals surface area contributed by atoms with Crippen LogP contribution in [0.25, 0.3) is 0 Å². The van der Waals surface area contributed by atoms with Gasteiger partial charge in [-0.2, -0.15) is 5.10 Å². The van der Waals surface area contributed by atoms with Crippen molar-refractivity contribution >= 4 is 17.8 Å². The lowest BCUT2D eigenvalue weighted by Crippen LogP contribution is -2.27. The molecule has 0 aliphatic heterocycles. The highest BCUT2D eigenvalue weighted by molar-refractivity contribution is 5.82. The van der Waals surface area contributed by atoms with E-state index in [0.717, 1.165) is 17.0 Å². The Hall–Kier alpha value is -2.91. The molecule has 2 heterocycles. The maximum atomic E-state index is 12.0. The second-order valence-corrected chi connectivity index (χ2v) is 4.97. The molecule has 0 radical (unpaired) electrons. The van der Waals surface area contributed by atoms with Crippen LogP contribution < -0.4 is 10.6 Å². The molecule has 0 aliphatic carbocycles. The Morgan fingerprint density at radius 1 is 1.35 bits per heavy atom. The van der Waals surface area contributed by atoms with Crippen LogP contribution in [0.5, 0.6) is 0 Å². The first-order valence-electron chi connectivity index (χ1n) is 6.91. The Morgan fingerprint density at radius 2 is 2.09 bits per heavy atom. The molecule has 0 spiro atoms. The van der Waals surface area contributed by atoms with Gasteiger partial charge in [-0.1, -0.05) is 5.21 Å². The summed E-state index contributed by atoms with van der Waals surface area (Å²) in [6, 6.07) is 0. The molecule has 2 rings (SSSR count). The van der Waals surface area contributed by atoms with Gasteiger partial charge in [0.15, 0.2) is 5.82 Å². The normalized spacial score (nSPS) is 10.4. The summed E-state index contributed by atoms with van der Waals surface area (Å²) in [5, 5.41) is 16.9. The van der Waals surface area contributed by atoms with Crippen LogP contribution in [0.1, 0.15) is 17.0 Å². The van der Waals surface area contributed by atoms with E-state index in [1.807, 2.05) is 20.9 Å². The van der Waals surface area contributed by atoms with Crippen LogP contribution in [-0.2, 0) is 29.7 Å². The minimum Gasteiger partial charge on any atom is -0.453 e. The third-order valence-corrected chi connectivity index (χ3v) is 3.38. The Bertz CT molecular complexity index is 719. The highest BCUT2D eigenvalue weighted by Crippen LogP contribution is 2.11. The fourth-order valence-electron chi connectivity index (χ4n) is 2.05. The molecular weight excluding hydrogens is 302 g/mol. The molecular formula is C13H19N7O3. The zero-order valence-corrected chi connectivity index (χ0v) is 13.5. The SMILES string of the molecule is COC(=O)Nc1cn(CC(=O)NCc2c(C)nn(C)c2C)nn1. The topological polar surface area (TPSA) is 116 Å². The number of carbonyl (C=O) groups excluding carboxylic acids is 2. The second kappa shape index (κ2) is 6.90. The van der Waals surface area contributed by atoms with Gasteiger partial charge in [0.05, 0.1) is 19.0 Å². The lowest BCUT2D eigenvalue weighted by Gasteiger charge is -2.05. The number of carbonyl (C=O) groups is 2. The van der Waals surface area contributed by atoms with E-state index in [1.165, 1.54) is 18.0 Å². The van der Waals surface area contributed by atoms with Gasteiger partial charge in [-0.05, 0) is 13.8 Å². The number of hydrogen-bond acceptors (Lipinski definition) is 6. The molecule has 2 amide bonds. The number of hydrogen-bond donors (Lipinski definition) is 2. The number of amides is 2. The smallest absolute Gasteiger partial charge is 0.412 e. The minimum atomic E-state index is -0.649. The quantitative estimate of drug-likeness (QED) is 0.808. The first kappa shape index (κ1) is 16.5.